The molecule has 2 amide bonds. The molecule has 2 aliphatic rings. The Bertz CT molecular complexity index is 1780. The van der Waals surface area contributed by atoms with E-state index in [2.05, 4.69) is 15.3 Å². The van der Waals surface area contributed by atoms with Crippen molar-refractivity contribution in [3.8, 4) is 16.3 Å². The first kappa shape index (κ1) is 37.4. The molecule has 0 saturated carbocycles. The lowest BCUT2D eigenvalue weighted by Crippen LogP contribution is -2.60. The van der Waals surface area contributed by atoms with Crippen LogP contribution in [0.15, 0.2) is 84.6 Å². The highest BCUT2D eigenvalue weighted by Crippen LogP contribution is 2.32. The van der Waals surface area contributed by atoms with E-state index >= 15 is 0 Å². The number of thiazole rings is 1. The topological polar surface area (TPSA) is 140 Å². The number of nitrogens with one attached hydrogen (secondary N) is 2. The van der Waals surface area contributed by atoms with Gasteiger partial charge in [0.2, 0.25) is 11.8 Å². The number of nitrogens with zero attached hydrogens (tertiary/aromatic N) is 4. The number of piperazine rings is 1. The molecule has 2 aliphatic heterocycles. The van der Waals surface area contributed by atoms with E-state index < -0.39 is 48.8 Å². The summed E-state index contributed by atoms with van der Waals surface area (Å²) in [6.45, 7) is -0.211. The van der Waals surface area contributed by atoms with Crippen LogP contribution in [0.5, 0.6) is 5.75 Å². The second-order valence-electron chi connectivity index (χ2n) is 13.2. The van der Waals surface area contributed by atoms with Gasteiger partial charge >= 0.3 is 6.18 Å². The largest absolute Gasteiger partial charge is 0.490 e. The number of hydrogen-bond donors (Lipinski definition) is 4. The molecular weight excluding hydrogens is 698 g/mol. The number of β-amino-alcohol motifs (C(OH)–C–C–N with tert-alkyl or cyclic N) is 1. The minimum absolute atomic E-state index is 0.00545. The van der Waals surface area contributed by atoms with E-state index in [1.807, 2.05) is 52.0 Å². The van der Waals surface area contributed by atoms with Crippen molar-refractivity contribution in [3.63, 3.8) is 0 Å². The zero-order valence-electron chi connectivity index (χ0n) is 28.3. The lowest BCUT2D eigenvalue weighted by molar-refractivity contribution is -0.143. The van der Waals surface area contributed by atoms with Gasteiger partial charge in [0.15, 0.2) is 0 Å². The third-order valence-corrected chi connectivity index (χ3v) is 10.1. The summed E-state index contributed by atoms with van der Waals surface area (Å²) < 4.78 is 45.0. The molecule has 52 heavy (non-hydrogen) atoms. The molecule has 0 spiro atoms. The zero-order valence-corrected chi connectivity index (χ0v) is 29.1. The molecule has 0 aliphatic carbocycles. The van der Waals surface area contributed by atoms with E-state index in [1.54, 1.807) is 47.8 Å². The number of aliphatic hydroxyl groups excluding tert-OH is 2. The molecule has 1 saturated heterocycles. The third kappa shape index (κ3) is 9.92. The number of rotatable bonds is 13. The molecular formula is C37H41F3N6O5S. The van der Waals surface area contributed by atoms with Crippen molar-refractivity contribution in [2.24, 2.45) is 5.92 Å². The Morgan fingerprint density at radius 2 is 1.85 bits per heavy atom. The monoisotopic (exact) mass is 738 g/mol. The number of aromatic nitrogens is 2. The number of aliphatic hydroxyl groups is 2. The molecule has 1 fully saturated rings. The number of carbonyl (C=O) groups is 2. The van der Waals surface area contributed by atoms with Gasteiger partial charge in [-0.25, -0.2) is 4.98 Å². The Morgan fingerprint density at radius 3 is 2.62 bits per heavy atom. The van der Waals surface area contributed by atoms with Gasteiger partial charge in [-0.15, -0.1) is 11.3 Å². The number of ether oxygens (including phenoxy) is 1. The van der Waals surface area contributed by atoms with Crippen LogP contribution in [0.1, 0.15) is 29.2 Å². The standard InChI is InChI=1S/C37H41F3N6O5S/c38-37(39,40)23-43-35(50)30-21-45(19-25-15-27(18-41-17-25)36-42-10-13-52-36)11-12-46(30)20-28(47)16-26(14-24-6-2-1-3-7-24)34(49)44-33-29-8-4-5-9-32(29)51-22-31(33)48/h1-10,13,15,17-18,26,28,30-31,33,47-48H,11-12,14,16,19-23H2,(H,43,50)(H,44,49)/t26-,28+,30+,31-,33+/m1/s1. The van der Waals surface area contributed by atoms with Gasteiger partial charge in [0.1, 0.15) is 36.1 Å². The van der Waals surface area contributed by atoms with E-state index in [0.717, 1.165) is 21.7 Å². The number of para-hydroxylation sites is 1. The van der Waals surface area contributed by atoms with Crippen molar-refractivity contribution in [2.75, 3.05) is 39.3 Å². The number of amides is 2. The van der Waals surface area contributed by atoms with Crippen LogP contribution < -0.4 is 15.4 Å². The van der Waals surface area contributed by atoms with E-state index in [-0.39, 0.29) is 32.0 Å². The minimum atomic E-state index is -4.59. The quantitative estimate of drug-likeness (QED) is 0.162. The first-order valence-corrected chi connectivity index (χ1v) is 18.0. The number of halogens is 3. The third-order valence-electron chi connectivity index (χ3n) is 9.27. The van der Waals surface area contributed by atoms with E-state index in [1.165, 1.54) is 11.3 Å². The van der Waals surface area contributed by atoms with Crippen LogP contribution >= 0.6 is 11.3 Å². The Labute approximate surface area is 303 Å². The summed E-state index contributed by atoms with van der Waals surface area (Å²) >= 11 is 1.48. The summed E-state index contributed by atoms with van der Waals surface area (Å²) in [6.07, 6.45) is -1.25. The second kappa shape index (κ2) is 16.9. The van der Waals surface area contributed by atoms with Gasteiger partial charge in [-0.1, -0.05) is 48.5 Å². The molecule has 4 aromatic rings. The second-order valence-corrected chi connectivity index (χ2v) is 14.1. The highest BCUT2D eigenvalue weighted by molar-refractivity contribution is 7.13. The van der Waals surface area contributed by atoms with Gasteiger partial charge in [-0.3, -0.25) is 24.4 Å². The van der Waals surface area contributed by atoms with Crippen LogP contribution in [0.3, 0.4) is 0 Å². The van der Waals surface area contributed by atoms with Crippen LogP contribution in [-0.2, 0) is 22.6 Å². The number of alkyl halides is 3. The average molecular weight is 739 g/mol. The van der Waals surface area contributed by atoms with E-state index in [9.17, 15) is 33.0 Å². The van der Waals surface area contributed by atoms with Crippen LogP contribution in [0.25, 0.3) is 10.6 Å². The van der Waals surface area contributed by atoms with Gasteiger partial charge in [0.05, 0.1) is 12.1 Å². The summed E-state index contributed by atoms with van der Waals surface area (Å²) in [6, 6.07) is 16.7. The van der Waals surface area contributed by atoms with E-state index in [0.29, 0.717) is 37.4 Å². The lowest BCUT2D eigenvalue weighted by atomic mass is 9.90. The SMILES string of the molecule is O=C(N[C@H]1c2ccccc2OC[C@H]1O)[C@H](Cc1ccccc1)C[C@H](O)CN1CCN(Cc2cncc(-c3nccs3)c2)C[C@H]1C(=O)NCC(F)(F)F. The maximum Gasteiger partial charge on any atom is 0.405 e. The molecule has 0 radical (unpaired) electrons. The van der Waals surface area contributed by atoms with Crippen LogP contribution in [0.4, 0.5) is 13.2 Å². The number of hydrogen-bond acceptors (Lipinski definition) is 10. The summed E-state index contributed by atoms with van der Waals surface area (Å²) in [7, 11) is 0. The molecule has 4 heterocycles. The Balaban J connectivity index is 1.15. The van der Waals surface area contributed by atoms with Gasteiger partial charge in [-0.2, -0.15) is 13.2 Å². The molecule has 4 N–H and O–H groups in total. The number of pyridine rings is 1. The van der Waals surface area contributed by atoms with Crippen molar-refractivity contribution < 1.29 is 37.7 Å². The fourth-order valence-corrected chi connectivity index (χ4v) is 7.38. The normalized spacial score (nSPS) is 20.7. The lowest BCUT2D eigenvalue weighted by Gasteiger charge is -2.41. The van der Waals surface area contributed by atoms with Crippen molar-refractivity contribution in [1.29, 1.82) is 0 Å². The molecule has 276 valence electrons. The molecule has 0 bridgehead atoms. The van der Waals surface area contributed by atoms with Crippen LogP contribution in [0, 0.1) is 5.92 Å². The minimum Gasteiger partial charge on any atom is -0.490 e. The van der Waals surface area contributed by atoms with Gasteiger partial charge < -0.3 is 25.6 Å². The molecule has 0 unspecified atom stereocenters. The average Bonchev–Trinajstić information content (AvgIpc) is 3.68. The number of fused-ring (bicyclic) bond motifs is 1. The van der Waals surface area contributed by atoms with Gasteiger partial charge in [0.25, 0.3) is 0 Å². The summed E-state index contributed by atoms with van der Waals surface area (Å²) in [5.41, 5.74) is 3.22. The van der Waals surface area contributed by atoms with Gasteiger partial charge in [-0.05, 0) is 36.1 Å². The first-order valence-electron chi connectivity index (χ1n) is 17.1. The first-order chi connectivity index (χ1) is 25.0. The van der Waals surface area contributed by atoms with Crippen molar-refractivity contribution in [2.45, 2.75) is 49.9 Å². The Morgan fingerprint density at radius 1 is 1.06 bits per heavy atom. The molecule has 5 atom stereocenters. The van der Waals surface area contributed by atoms with Crippen LogP contribution in [-0.4, -0.2) is 106 Å². The Kier molecular flexibility index (Phi) is 12.2. The molecule has 2 aromatic carbocycles. The smallest absolute Gasteiger partial charge is 0.405 e. The summed E-state index contributed by atoms with van der Waals surface area (Å²) in [4.78, 5) is 39.5. The molecule has 2 aromatic heterocycles. The Hall–Kier alpha value is -4.41. The summed E-state index contributed by atoms with van der Waals surface area (Å²) in [5, 5.41) is 29.9. The van der Waals surface area contributed by atoms with E-state index in [4.69, 9.17) is 4.74 Å². The number of carbonyl (C=O) groups excluding carboxylic acids is 2. The maximum absolute atomic E-state index is 13.9. The van der Waals surface area contributed by atoms with Crippen molar-refractivity contribution >= 4 is 23.2 Å². The van der Waals surface area contributed by atoms with Crippen molar-refractivity contribution in [1.82, 2.24) is 30.4 Å². The summed E-state index contributed by atoms with van der Waals surface area (Å²) in [5.74, 6) is -1.33. The van der Waals surface area contributed by atoms with Crippen LogP contribution in [0.2, 0.25) is 0 Å². The highest BCUT2D eigenvalue weighted by atomic mass is 32.1. The fourth-order valence-electron chi connectivity index (χ4n) is 6.76. The molecule has 11 nitrogen and oxygen atoms in total. The maximum atomic E-state index is 13.9. The molecule has 6 rings (SSSR count). The van der Waals surface area contributed by atoms with Crippen molar-refractivity contribution in [3.05, 3.63) is 101 Å². The number of benzene rings is 2. The molecule has 15 heteroatoms. The predicted molar refractivity (Wildman–Crippen MR) is 188 cm³/mol. The zero-order chi connectivity index (χ0) is 36.7. The fraction of sp³-hybridized carbons (Fsp3) is 0.405. The predicted octanol–water partition coefficient (Wildman–Crippen LogP) is 3.59. The van der Waals surface area contributed by atoms with Gasteiger partial charge in [0, 0.05) is 73.7 Å². The highest BCUT2D eigenvalue weighted by Gasteiger charge is 2.37.